The number of aryl methyl sites for hydroxylation is 1. The monoisotopic (exact) mass is 298 g/mol. The minimum absolute atomic E-state index is 0.204. The zero-order chi connectivity index (χ0) is 16.0. The molecule has 1 heterocycles. The number of para-hydroxylation sites is 1. The predicted octanol–water partition coefficient (Wildman–Crippen LogP) is 3.15. The van der Waals surface area contributed by atoms with Crippen LogP contribution in [-0.2, 0) is 4.74 Å². The predicted molar refractivity (Wildman–Crippen MR) is 90.1 cm³/mol. The van der Waals surface area contributed by atoms with Gasteiger partial charge in [0.05, 0.1) is 6.54 Å². The van der Waals surface area contributed by atoms with E-state index in [0.717, 1.165) is 16.9 Å². The minimum Gasteiger partial charge on any atom is -0.489 e. The van der Waals surface area contributed by atoms with E-state index in [9.17, 15) is 0 Å². The number of benzene rings is 1. The highest BCUT2D eigenvalue weighted by Gasteiger charge is 2.39. The van der Waals surface area contributed by atoms with Gasteiger partial charge in [-0.3, -0.25) is 0 Å². The van der Waals surface area contributed by atoms with Gasteiger partial charge in [-0.15, -0.1) is 0 Å². The summed E-state index contributed by atoms with van der Waals surface area (Å²) in [4.78, 5) is 4.18. The van der Waals surface area contributed by atoms with Crippen LogP contribution in [0.15, 0.2) is 66.2 Å². The summed E-state index contributed by atoms with van der Waals surface area (Å²) in [6.45, 7) is 10.4. The Morgan fingerprint density at radius 2 is 2.23 bits per heavy atom. The molecular weight excluding hydrogens is 276 g/mol. The second kappa shape index (κ2) is 6.98. The molecule has 4 nitrogen and oxygen atoms in total. The lowest BCUT2D eigenvalue weighted by atomic mass is 9.95. The Labute approximate surface area is 131 Å². The number of rotatable bonds is 7. The lowest BCUT2D eigenvalue weighted by molar-refractivity contribution is 0.0330. The van der Waals surface area contributed by atoms with Gasteiger partial charge in [-0.25, -0.2) is 4.99 Å². The molecule has 1 aromatic carbocycles. The number of allylic oxidation sites excluding steroid dienone is 3. The Bertz CT molecular complexity index is 619. The molecule has 1 aliphatic rings. The van der Waals surface area contributed by atoms with Crippen molar-refractivity contribution in [3.05, 3.63) is 66.8 Å². The van der Waals surface area contributed by atoms with Crippen LogP contribution < -0.4 is 10.5 Å². The molecule has 0 aliphatic carbocycles. The van der Waals surface area contributed by atoms with Crippen molar-refractivity contribution in [3.8, 4) is 5.75 Å². The van der Waals surface area contributed by atoms with Gasteiger partial charge in [0.2, 0.25) is 0 Å². The van der Waals surface area contributed by atoms with Crippen LogP contribution in [0.25, 0.3) is 0 Å². The highest BCUT2D eigenvalue weighted by molar-refractivity contribution is 5.73. The largest absolute Gasteiger partial charge is 0.489 e. The Morgan fingerprint density at radius 3 is 2.82 bits per heavy atom. The molecule has 0 spiro atoms. The van der Waals surface area contributed by atoms with Gasteiger partial charge >= 0.3 is 0 Å². The van der Waals surface area contributed by atoms with Crippen LogP contribution >= 0.6 is 0 Å². The molecule has 0 radical (unpaired) electrons. The highest BCUT2D eigenvalue weighted by Crippen LogP contribution is 2.28. The quantitative estimate of drug-likeness (QED) is 0.787. The summed E-state index contributed by atoms with van der Waals surface area (Å²) >= 11 is 0. The van der Waals surface area contributed by atoms with Crippen molar-refractivity contribution in [2.24, 2.45) is 10.7 Å². The molecule has 1 atom stereocenters. The topological polar surface area (TPSA) is 56.8 Å². The van der Waals surface area contributed by atoms with Crippen LogP contribution in [0.5, 0.6) is 5.75 Å². The third-order valence-corrected chi connectivity index (χ3v) is 3.55. The Balaban J connectivity index is 2.13. The number of hydrogen-bond acceptors (Lipinski definition) is 4. The van der Waals surface area contributed by atoms with Crippen molar-refractivity contribution >= 4 is 6.02 Å². The van der Waals surface area contributed by atoms with Gasteiger partial charge in [-0.05, 0) is 24.1 Å². The highest BCUT2D eigenvalue weighted by atomic mass is 16.6. The average molecular weight is 298 g/mol. The Kier molecular flexibility index (Phi) is 5.04. The molecule has 0 fully saturated rings. The molecule has 116 valence electrons. The van der Waals surface area contributed by atoms with Gasteiger partial charge in [-0.1, -0.05) is 49.6 Å². The van der Waals surface area contributed by atoms with E-state index in [4.69, 9.17) is 15.2 Å². The maximum absolute atomic E-state index is 5.95. The second-order valence-corrected chi connectivity index (χ2v) is 5.35. The molecule has 4 heteroatoms. The molecule has 1 aromatic rings. The number of hydrogen-bond donors (Lipinski definition) is 1. The standard InChI is InChI=1S/C18H22N2O2/c1-4-8-15(5-2)11-18(12-20-17(19)22-18)13-21-16-10-7-6-9-14(16)3/h4-10H,1-2,11-13H2,3H3,(H2,19,20)/b15-8+. The summed E-state index contributed by atoms with van der Waals surface area (Å²) < 4.78 is 11.7. The Hall–Kier alpha value is -2.49. The first-order valence-corrected chi connectivity index (χ1v) is 7.20. The molecule has 0 aromatic heterocycles. The van der Waals surface area contributed by atoms with Crippen molar-refractivity contribution in [1.82, 2.24) is 0 Å². The summed E-state index contributed by atoms with van der Waals surface area (Å²) in [5.41, 5.74) is 7.19. The first-order chi connectivity index (χ1) is 10.6. The zero-order valence-corrected chi connectivity index (χ0v) is 12.9. The Morgan fingerprint density at radius 1 is 1.45 bits per heavy atom. The molecule has 0 amide bonds. The summed E-state index contributed by atoms with van der Waals surface area (Å²) in [5, 5.41) is 0. The average Bonchev–Trinajstić information content (AvgIpc) is 2.87. The molecule has 1 aliphatic heterocycles. The molecule has 1 unspecified atom stereocenters. The SMILES string of the molecule is C=C/C=C(\C=C)CC1(COc2ccccc2C)CN=C(N)O1. The van der Waals surface area contributed by atoms with Crippen molar-refractivity contribution < 1.29 is 9.47 Å². The zero-order valence-electron chi connectivity index (χ0n) is 12.9. The summed E-state index contributed by atoms with van der Waals surface area (Å²) in [5.74, 6) is 0.837. The van der Waals surface area contributed by atoms with Gasteiger partial charge in [-0.2, -0.15) is 0 Å². The fourth-order valence-corrected chi connectivity index (χ4v) is 2.38. The van der Waals surface area contributed by atoms with E-state index in [2.05, 4.69) is 18.2 Å². The van der Waals surface area contributed by atoms with E-state index in [1.165, 1.54) is 0 Å². The van der Waals surface area contributed by atoms with Crippen LogP contribution in [-0.4, -0.2) is 24.8 Å². The fourth-order valence-electron chi connectivity index (χ4n) is 2.38. The van der Waals surface area contributed by atoms with Crippen LogP contribution in [0.4, 0.5) is 0 Å². The van der Waals surface area contributed by atoms with E-state index >= 15 is 0 Å². The van der Waals surface area contributed by atoms with Gasteiger partial charge in [0.15, 0.2) is 5.60 Å². The van der Waals surface area contributed by atoms with Crippen molar-refractivity contribution in [2.75, 3.05) is 13.2 Å². The van der Waals surface area contributed by atoms with Crippen LogP contribution in [0.2, 0.25) is 0 Å². The number of aliphatic imine (C=N–C) groups is 1. The number of ether oxygens (including phenoxy) is 2. The van der Waals surface area contributed by atoms with Crippen molar-refractivity contribution in [1.29, 1.82) is 0 Å². The van der Waals surface area contributed by atoms with Crippen molar-refractivity contribution in [3.63, 3.8) is 0 Å². The normalized spacial score (nSPS) is 21.0. The summed E-state index contributed by atoms with van der Waals surface area (Å²) in [6.07, 6.45) is 6.03. The molecule has 22 heavy (non-hydrogen) atoms. The maximum Gasteiger partial charge on any atom is 0.282 e. The van der Waals surface area contributed by atoms with Crippen LogP contribution in [0.3, 0.4) is 0 Å². The van der Waals surface area contributed by atoms with Crippen molar-refractivity contribution in [2.45, 2.75) is 18.9 Å². The van der Waals surface area contributed by atoms with Gasteiger partial charge < -0.3 is 15.2 Å². The lowest BCUT2D eigenvalue weighted by Gasteiger charge is -2.28. The molecule has 0 saturated heterocycles. The van der Waals surface area contributed by atoms with Gasteiger partial charge in [0.25, 0.3) is 6.02 Å². The van der Waals surface area contributed by atoms with Gasteiger partial charge in [0.1, 0.15) is 12.4 Å². The molecule has 0 saturated carbocycles. The smallest absolute Gasteiger partial charge is 0.282 e. The molecular formula is C18H22N2O2. The molecule has 2 N–H and O–H groups in total. The summed E-state index contributed by atoms with van der Waals surface area (Å²) in [7, 11) is 0. The van der Waals surface area contributed by atoms with Crippen LogP contribution in [0, 0.1) is 6.92 Å². The van der Waals surface area contributed by atoms with Crippen LogP contribution in [0.1, 0.15) is 12.0 Å². The maximum atomic E-state index is 5.95. The number of amidine groups is 1. The molecule has 0 bridgehead atoms. The third-order valence-electron chi connectivity index (χ3n) is 3.55. The van der Waals surface area contributed by atoms with E-state index in [1.807, 2.05) is 37.3 Å². The van der Waals surface area contributed by atoms with E-state index in [1.54, 1.807) is 12.2 Å². The second-order valence-electron chi connectivity index (χ2n) is 5.35. The molecule has 2 rings (SSSR count). The van der Waals surface area contributed by atoms with Gasteiger partial charge in [0, 0.05) is 6.42 Å². The third kappa shape index (κ3) is 3.79. The first-order valence-electron chi connectivity index (χ1n) is 7.20. The van der Waals surface area contributed by atoms with E-state index in [-0.39, 0.29) is 6.02 Å². The van der Waals surface area contributed by atoms with E-state index in [0.29, 0.717) is 19.6 Å². The summed E-state index contributed by atoms with van der Waals surface area (Å²) in [6, 6.07) is 8.08. The fraction of sp³-hybridized carbons (Fsp3) is 0.278. The minimum atomic E-state index is -0.602. The number of nitrogens with two attached hydrogens (primary N) is 1. The first kappa shape index (κ1) is 15.9. The van der Waals surface area contributed by atoms with E-state index < -0.39 is 5.60 Å². The lowest BCUT2D eigenvalue weighted by Crippen LogP contribution is -2.41. The number of nitrogens with zero attached hydrogens (tertiary/aromatic N) is 1.